The van der Waals surface area contributed by atoms with E-state index in [0.717, 1.165) is 11.1 Å². The number of esters is 1. The molecule has 1 aromatic carbocycles. The van der Waals surface area contributed by atoms with Crippen LogP contribution in [-0.4, -0.2) is 19.9 Å². The third-order valence-electron chi connectivity index (χ3n) is 2.02. The van der Waals surface area contributed by atoms with Crippen LogP contribution in [0.3, 0.4) is 0 Å². The van der Waals surface area contributed by atoms with Gasteiger partial charge in [0.15, 0.2) is 18.3 Å². The molecule has 0 bridgehead atoms. The second-order valence-electron chi connectivity index (χ2n) is 3.59. The van der Waals surface area contributed by atoms with Gasteiger partial charge in [0, 0.05) is 14.0 Å². The number of hydrogen-bond donors (Lipinski definition) is 0. The van der Waals surface area contributed by atoms with E-state index in [4.69, 9.17) is 14.2 Å². The van der Waals surface area contributed by atoms with E-state index in [1.807, 2.05) is 13.0 Å². The van der Waals surface area contributed by atoms with Crippen molar-refractivity contribution in [2.75, 3.05) is 13.9 Å². The molecule has 0 aliphatic heterocycles. The van der Waals surface area contributed by atoms with Crippen molar-refractivity contribution in [2.45, 2.75) is 13.8 Å². The van der Waals surface area contributed by atoms with Gasteiger partial charge >= 0.3 is 5.97 Å². The summed E-state index contributed by atoms with van der Waals surface area (Å²) in [6.45, 7) is 7.15. The first-order chi connectivity index (χ1) is 8.04. The number of rotatable bonds is 5. The van der Waals surface area contributed by atoms with Crippen LogP contribution in [0.5, 0.6) is 11.5 Å². The molecule has 0 amide bonds. The molecule has 0 radical (unpaired) electrons. The molecule has 0 aromatic heterocycles. The molecule has 1 rings (SSSR count). The maximum absolute atomic E-state index is 11.0. The molecule has 0 unspecified atom stereocenters. The first-order valence-electron chi connectivity index (χ1n) is 5.14. The lowest BCUT2D eigenvalue weighted by Gasteiger charge is -2.11. The van der Waals surface area contributed by atoms with Gasteiger partial charge in [-0.25, -0.2) is 0 Å². The van der Waals surface area contributed by atoms with Crippen LogP contribution in [0.4, 0.5) is 0 Å². The third-order valence-corrected chi connectivity index (χ3v) is 2.02. The van der Waals surface area contributed by atoms with E-state index in [0.29, 0.717) is 11.5 Å². The lowest BCUT2D eigenvalue weighted by atomic mass is 10.1. The Labute approximate surface area is 101 Å². The van der Waals surface area contributed by atoms with Crippen LogP contribution in [0, 0.1) is 0 Å². The molecule has 0 atom stereocenters. The summed E-state index contributed by atoms with van der Waals surface area (Å²) in [5.74, 6) is 0.438. The van der Waals surface area contributed by atoms with Gasteiger partial charge in [-0.2, -0.15) is 0 Å². The minimum atomic E-state index is -0.397. The van der Waals surface area contributed by atoms with Crippen molar-refractivity contribution in [2.24, 2.45) is 0 Å². The predicted octanol–water partition coefficient (Wildman–Crippen LogP) is 2.63. The molecule has 17 heavy (non-hydrogen) atoms. The molecule has 0 fully saturated rings. The van der Waals surface area contributed by atoms with Crippen molar-refractivity contribution in [3.8, 4) is 11.5 Å². The first kappa shape index (κ1) is 13.3. The summed E-state index contributed by atoms with van der Waals surface area (Å²) in [7, 11) is 1.52. The maximum Gasteiger partial charge on any atom is 0.308 e. The molecule has 4 nitrogen and oxygen atoms in total. The molecule has 0 heterocycles. The first-order valence-corrected chi connectivity index (χ1v) is 5.14. The average molecular weight is 236 g/mol. The highest BCUT2D eigenvalue weighted by molar-refractivity contribution is 5.72. The van der Waals surface area contributed by atoms with Crippen LogP contribution in [0.2, 0.25) is 0 Å². The fraction of sp³-hybridized carbons (Fsp3) is 0.308. The topological polar surface area (TPSA) is 44.8 Å². The molecule has 1 aromatic rings. The van der Waals surface area contributed by atoms with Crippen molar-refractivity contribution < 1.29 is 19.0 Å². The fourth-order valence-electron chi connectivity index (χ4n) is 1.25. The summed E-state index contributed by atoms with van der Waals surface area (Å²) in [6.07, 6.45) is 0. The minimum absolute atomic E-state index is 0.0979. The Kier molecular flexibility index (Phi) is 4.72. The highest BCUT2D eigenvalue weighted by Crippen LogP contribution is 2.30. The van der Waals surface area contributed by atoms with Crippen LogP contribution < -0.4 is 9.47 Å². The third kappa shape index (κ3) is 3.92. The number of carbonyl (C=O) groups is 1. The van der Waals surface area contributed by atoms with Gasteiger partial charge in [-0.15, -0.1) is 0 Å². The molecular formula is C13H16O4. The highest BCUT2D eigenvalue weighted by atomic mass is 16.7. The van der Waals surface area contributed by atoms with Crippen molar-refractivity contribution in [3.63, 3.8) is 0 Å². The summed E-state index contributed by atoms with van der Waals surface area (Å²) in [5.41, 5.74) is 1.78. The van der Waals surface area contributed by atoms with Crippen LogP contribution in [0.25, 0.3) is 5.57 Å². The summed E-state index contributed by atoms with van der Waals surface area (Å²) >= 11 is 0. The van der Waals surface area contributed by atoms with E-state index in [9.17, 15) is 4.79 Å². The van der Waals surface area contributed by atoms with Gasteiger partial charge < -0.3 is 14.2 Å². The SMILES string of the molecule is C=C(C)c1ccc(OCOC)c(OC(C)=O)c1. The summed E-state index contributed by atoms with van der Waals surface area (Å²) < 4.78 is 15.2. The van der Waals surface area contributed by atoms with Gasteiger partial charge in [0.2, 0.25) is 0 Å². The number of allylic oxidation sites excluding steroid dienone is 1. The van der Waals surface area contributed by atoms with E-state index in [-0.39, 0.29) is 6.79 Å². The fourth-order valence-corrected chi connectivity index (χ4v) is 1.25. The second kappa shape index (κ2) is 6.06. The Balaban J connectivity index is 3.02. The van der Waals surface area contributed by atoms with E-state index in [2.05, 4.69) is 6.58 Å². The number of benzene rings is 1. The van der Waals surface area contributed by atoms with Crippen molar-refractivity contribution in [1.29, 1.82) is 0 Å². The monoisotopic (exact) mass is 236 g/mol. The van der Waals surface area contributed by atoms with Gasteiger partial charge in [0.05, 0.1) is 0 Å². The van der Waals surface area contributed by atoms with Gasteiger partial charge in [-0.3, -0.25) is 4.79 Å². The molecule has 0 spiro atoms. The average Bonchev–Trinajstić information content (AvgIpc) is 2.26. The van der Waals surface area contributed by atoms with Gasteiger partial charge in [-0.1, -0.05) is 18.2 Å². The van der Waals surface area contributed by atoms with Gasteiger partial charge in [0.25, 0.3) is 0 Å². The molecule has 0 aliphatic rings. The van der Waals surface area contributed by atoms with Crippen LogP contribution >= 0.6 is 0 Å². The van der Waals surface area contributed by atoms with E-state index >= 15 is 0 Å². The van der Waals surface area contributed by atoms with E-state index < -0.39 is 5.97 Å². The number of carbonyl (C=O) groups excluding carboxylic acids is 1. The Bertz CT molecular complexity index is 423. The quantitative estimate of drug-likeness (QED) is 0.448. The smallest absolute Gasteiger partial charge is 0.308 e. The van der Waals surface area contributed by atoms with E-state index in [1.54, 1.807) is 12.1 Å². The number of ether oxygens (including phenoxy) is 3. The standard InChI is InChI=1S/C13H16O4/c1-9(2)11-5-6-12(16-8-15-4)13(7-11)17-10(3)14/h5-7H,1,8H2,2-4H3. The highest BCUT2D eigenvalue weighted by Gasteiger charge is 2.09. The molecule has 0 aliphatic carbocycles. The second-order valence-corrected chi connectivity index (χ2v) is 3.59. The van der Waals surface area contributed by atoms with Gasteiger partial charge in [-0.05, 0) is 24.6 Å². The largest absolute Gasteiger partial charge is 0.464 e. The lowest BCUT2D eigenvalue weighted by Crippen LogP contribution is -2.06. The molecule has 0 saturated heterocycles. The molecule has 0 N–H and O–H groups in total. The van der Waals surface area contributed by atoms with Crippen molar-refractivity contribution in [1.82, 2.24) is 0 Å². The normalized spacial score (nSPS) is 9.82. The zero-order valence-electron chi connectivity index (χ0n) is 10.3. The maximum atomic E-state index is 11.0. The predicted molar refractivity (Wildman–Crippen MR) is 65.0 cm³/mol. The van der Waals surface area contributed by atoms with Crippen molar-refractivity contribution in [3.05, 3.63) is 30.3 Å². The minimum Gasteiger partial charge on any atom is -0.464 e. The lowest BCUT2D eigenvalue weighted by molar-refractivity contribution is -0.132. The van der Waals surface area contributed by atoms with Crippen LogP contribution in [0.15, 0.2) is 24.8 Å². The Morgan fingerprint density at radius 2 is 2.00 bits per heavy atom. The summed E-state index contributed by atoms with van der Waals surface area (Å²) in [5, 5.41) is 0. The Hall–Kier alpha value is -1.81. The van der Waals surface area contributed by atoms with Crippen LogP contribution in [-0.2, 0) is 9.53 Å². The summed E-state index contributed by atoms with van der Waals surface area (Å²) in [4.78, 5) is 11.0. The van der Waals surface area contributed by atoms with Crippen molar-refractivity contribution >= 4 is 11.5 Å². The zero-order valence-corrected chi connectivity index (χ0v) is 10.3. The van der Waals surface area contributed by atoms with Gasteiger partial charge in [0.1, 0.15) is 0 Å². The molecule has 92 valence electrons. The zero-order chi connectivity index (χ0) is 12.8. The Morgan fingerprint density at radius 1 is 1.29 bits per heavy atom. The van der Waals surface area contributed by atoms with E-state index in [1.165, 1.54) is 14.0 Å². The number of hydrogen-bond acceptors (Lipinski definition) is 4. The van der Waals surface area contributed by atoms with Crippen LogP contribution in [0.1, 0.15) is 19.4 Å². The molecule has 0 saturated carbocycles. The Morgan fingerprint density at radius 3 is 2.53 bits per heavy atom. The molecular weight excluding hydrogens is 220 g/mol. The summed E-state index contributed by atoms with van der Waals surface area (Å²) in [6, 6.07) is 5.29. The number of methoxy groups -OCH3 is 1. The molecule has 4 heteroatoms.